The first kappa shape index (κ1) is 18.3. The molecule has 2 N–H and O–H groups in total. The molecule has 0 bridgehead atoms. The Bertz CT molecular complexity index is 891. The lowest BCUT2D eigenvalue weighted by molar-refractivity contribution is 0.0975. The average Bonchev–Trinajstić information content (AvgIpc) is 3.38. The molecule has 0 radical (unpaired) electrons. The summed E-state index contributed by atoms with van der Waals surface area (Å²) in [4.78, 5) is 17.3. The summed E-state index contributed by atoms with van der Waals surface area (Å²) in [5, 5.41) is 6.10. The van der Waals surface area contributed by atoms with Crippen molar-refractivity contribution in [2.24, 2.45) is 4.99 Å². The fourth-order valence-corrected chi connectivity index (χ4v) is 3.15. The monoisotopic (exact) mass is 381 g/mol. The van der Waals surface area contributed by atoms with Crippen LogP contribution >= 0.6 is 0 Å². The smallest absolute Gasteiger partial charge is 0.258 e. The number of rotatable bonds is 4. The van der Waals surface area contributed by atoms with E-state index in [-0.39, 0.29) is 18.8 Å². The second-order valence-electron chi connectivity index (χ2n) is 6.79. The molecule has 7 heteroatoms. The second kappa shape index (κ2) is 8.31. The highest BCUT2D eigenvalue weighted by molar-refractivity contribution is 6.10. The Labute approximate surface area is 163 Å². The number of fused-ring (bicyclic) bond motifs is 1. The third-order valence-corrected chi connectivity index (χ3v) is 4.74. The molecule has 1 fully saturated rings. The molecule has 2 aromatic carbocycles. The molecule has 2 aliphatic heterocycles. The van der Waals surface area contributed by atoms with E-state index in [9.17, 15) is 4.79 Å². The third-order valence-electron chi connectivity index (χ3n) is 4.74. The molecular formula is C21H23N3O4. The highest BCUT2D eigenvalue weighted by atomic mass is 16.7. The minimum Gasteiger partial charge on any atom is -0.454 e. The standard InChI is InChI=1S/C21H23N3O4/c1-14-5-2-3-7-17(14)23-21(22-12-16-6-4-10-26-16)24-20(25)15-8-9-18-19(11-15)28-13-27-18/h2-3,5,7-9,11,16H,4,6,10,12-13H2,1H3,(H2,22,23,24,25)/t16-/m1/s1. The van der Waals surface area contributed by atoms with Gasteiger partial charge in [0.15, 0.2) is 11.5 Å². The summed E-state index contributed by atoms with van der Waals surface area (Å²) in [6.07, 6.45) is 2.12. The summed E-state index contributed by atoms with van der Waals surface area (Å²) in [6, 6.07) is 13.0. The van der Waals surface area contributed by atoms with Gasteiger partial charge in [0, 0.05) is 17.9 Å². The molecule has 2 aliphatic rings. The van der Waals surface area contributed by atoms with Gasteiger partial charge in [-0.1, -0.05) is 18.2 Å². The fraction of sp³-hybridized carbons (Fsp3) is 0.333. The molecule has 0 aromatic heterocycles. The SMILES string of the molecule is Cc1ccccc1NC(=NC[C@H]1CCCO1)NC(=O)c1ccc2c(c1)OCO2. The molecule has 0 aliphatic carbocycles. The summed E-state index contributed by atoms with van der Waals surface area (Å²) in [7, 11) is 0. The van der Waals surface area contributed by atoms with Crippen LogP contribution in [0.25, 0.3) is 0 Å². The Morgan fingerprint density at radius 3 is 2.86 bits per heavy atom. The Balaban J connectivity index is 1.51. The first-order valence-corrected chi connectivity index (χ1v) is 9.39. The van der Waals surface area contributed by atoms with Crippen LogP contribution in [-0.4, -0.2) is 37.9 Å². The highest BCUT2D eigenvalue weighted by Crippen LogP contribution is 2.32. The molecule has 28 heavy (non-hydrogen) atoms. The summed E-state index contributed by atoms with van der Waals surface area (Å²) >= 11 is 0. The Hall–Kier alpha value is -3.06. The number of aliphatic imine (C=N–C) groups is 1. The van der Waals surface area contributed by atoms with Crippen molar-refractivity contribution >= 4 is 17.6 Å². The van der Waals surface area contributed by atoms with Gasteiger partial charge in [-0.2, -0.15) is 0 Å². The van der Waals surface area contributed by atoms with Crippen LogP contribution in [0.2, 0.25) is 0 Å². The van der Waals surface area contributed by atoms with Crippen LogP contribution in [0.15, 0.2) is 47.5 Å². The number of ether oxygens (including phenoxy) is 3. The average molecular weight is 381 g/mol. The van der Waals surface area contributed by atoms with E-state index in [0.29, 0.717) is 29.6 Å². The molecule has 0 saturated carbocycles. The highest BCUT2D eigenvalue weighted by Gasteiger charge is 2.19. The van der Waals surface area contributed by atoms with Gasteiger partial charge in [-0.3, -0.25) is 10.1 Å². The van der Waals surface area contributed by atoms with E-state index < -0.39 is 0 Å². The van der Waals surface area contributed by atoms with E-state index >= 15 is 0 Å². The minimum absolute atomic E-state index is 0.0936. The fourth-order valence-electron chi connectivity index (χ4n) is 3.15. The van der Waals surface area contributed by atoms with Gasteiger partial charge in [-0.05, 0) is 49.6 Å². The number of para-hydroxylation sites is 1. The van der Waals surface area contributed by atoms with Crippen molar-refractivity contribution in [3.8, 4) is 11.5 Å². The molecule has 4 rings (SSSR count). The van der Waals surface area contributed by atoms with Crippen molar-refractivity contribution in [2.75, 3.05) is 25.3 Å². The zero-order valence-electron chi connectivity index (χ0n) is 15.7. The second-order valence-corrected chi connectivity index (χ2v) is 6.79. The van der Waals surface area contributed by atoms with E-state index in [1.165, 1.54) is 0 Å². The normalized spacial score (nSPS) is 18.2. The van der Waals surface area contributed by atoms with Crippen molar-refractivity contribution < 1.29 is 19.0 Å². The molecule has 0 spiro atoms. The van der Waals surface area contributed by atoms with Crippen LogP contribution in [0.3, 0.4) is 0 Å². The van der Waals surface area contributed by atoms with Gasteiger partial charge < -0.3 is 19.5 Å². The molecule has 2 aromatic rings. The number of hydrogen-bond acceptors (Lipinski definition) is 5. The lowest BCUT2D eigenvalue weighted by Crippen LogP contribution is -2.37. The minimum atomic E-state index is -0.273. The maximum atomic E-state index is 12.8. The van der Waals surface area contributed by atoms with Gasteiger partial charge >= 0.3 is 0 Å². The molecule has 7 nitrogen and oxygen atoms in total. The van der Waals surface area contributed by atoms with Crippen LogP contribution in [0.4, 0.5) is 5.69 Å². The number of aryl methyl sites for hydroxylation is 1. The largest absolute Gasteiger partial charge is 0.454 e. The first-order valence-electron chi connectivity index (χ1n) is 9.39. The van der Waals surface area contributed by atoms with E-state index in [1.807, 2.05) is 31.2 Å². The van der Waals surface area contributed by atoms with Crippen LogP contribution in [0.5, 0.6) is 11.5 Å². The topological polar surface area (TPSA) is 81.2 Å². The number of hydrogen-bond donors (Lipinski definition) is 2. The first-order chi connectivity index (χ1) is 13.7. The van der Waals surface area contributed by atoms with Gasteiger partial charge in [-0.25, -0.2) is 4.99 Å². The zero-order valence-corrected chi connectivity index (χ0v) is 15.7. The van der Waals surface area contributed by atoms with E-state index in [1.54, 1.807) is 18.2 Å². The number of guanidine groups is 1. The molecule has 0 unspecified atom stereocenters. The van der Waals surface area contributed by atoms with Crippen molar-refractivity contribution in [3.05, 3.63) is 53.6 Å². The molecule has 1 amide bonds. The van der Waals surface area contributed by atoms with Crippen molar-refractivity contribution in [3.63, 3.8) is 0 Å². The van der Waals surface area contributed by atoms with Gasteiger partial charge in [0.1, 0.15) is 0 Å². The quantitative estimate of drug-likeness (QED) is 0.628. The van der Waals surface area contributed by atoms with Crippen LogP contribution in [-0.2, 0) is 4.74 Å². The van der Waals surface area contributed by atoms with Crippen LogP contribution in [0, 0.1) is 6.92 Å². The van der Waals surface area contributed by atoms with Crippen LogP contribution in [0.1, 0.15) is 28.8 Å². The number of carbonyl (C=O) groups excluding carboxylic acids is 1. The maximum absolute atomic E-state index is 12.8. The van der Waals surface area contributed by atoms with Crippen molar-refractivity contribution in [1.82, 2.24) is 5.32 Å². The third kappa shape index (κ3) is 4.26. The number of nitrogens with zero attached hydrogens (tertiary/aromatic N) is 1. The molecule has 146 valence electrons. The Morgan fingerprint density at radius 1 is 1.18 bits per heavy atom. The zero-order chi connectivity index (χ0) is 19.3. The summed E-state index contributed by atoms with van der Waals surface area (Å²) in [5.74, 6) is 1.33. The van der Waals surface area contributed by atoms with Gasteiger partial charge in [-0.15, -0.1) is 0 Å². The number of carbonyl (C=O) groups is 1. The Kier molecular flexibility index (Phi) is 5.43. The van der Waals surface area contributed by atoms with E-state index in [4.69, 9.17) is 14.2 Å². The number of amides is 1. The van der Waals surface area contributed by atoms with E-state index in [0.717, 1.165) is 30.7 Å². The number of nitrogens with one attached hydrogen (secondary N) is 2. The predicted molar refractivity (Wildman–Crippen MR) is 106 cm³/mol. The van der Waals surface area contributed by atoms with Gasteiger partial charge in [0.2, 0.25) is 12.8 Å². The number of anilines is 1. The molecule has 2 heterocycles. The summed E-state index contributed by atoms with van der Waals surface area (Å²) in [6.45, 7) is 3.43. The van der Waals surface area contributed by atoms with Crippen molar-refractivity contribution in [1.29, 1.82) is 0 Å². The molecular weight excluding hydrogens is 358 g/mol. The molecule has 1 saturated heterocycles. The predicted octanol–water partition coefficient (Wildman–Crippen LogP) is 3.10. The Morgan fingerprint density at radius 2 is 2.04 bits per heavy atom. The lowest BCUT2D eigenvalue weighted by Gasteiger charge is -2.15. The van der Waals surface area contributed by atoms with Gasteiger partial charge in [0.05, 0.1) is 12.6 Å². The maximum Gasteiger partial charge on any atom is 0.258 e. The molecule has 1 atom stereocenters. The summed E-state index contributed by atoms with van der Waals surface area (Å²) < 4.78 is 16.3. The van der Waals surface area contributed by atoms with Crippen LogP contribution < -0.4 is 20.1 Å². The number of benzene rings is 2. The summed E-state index contributed by atoms with van der Waals surface area (Å²) in [5.41, 5.74) is 2.42. The van der Waals surface area contributed by atoms with Crippen molar-refractivity contribution in [2.45, 2.75) is 25.9 Å². The van der Waals surface area contributed by atoms with E-state index in [2.05, 4.69) is 15.6 Å². The van der Waals surface area contributed by atoms with Gasteiger partial charge in [0.25, 0.3) is 5.91 Å². The lowest BCUT2D eigenvalue weighted by atomic mass is 10.2.